The van der Waals surface area contributed by atoms with Gasteiger partial charge in [0, 0.05) is 30.6 Å². The molecule has 116 valence electrons. The minimum absolute atomic E-state index is 0.456. The van der Waals surface area contributed by atoms with Crippen LogP contribution in [-0.4, -0.2) is 34.8 Å². The van der Waals surface area contributed by atoms with Crippen LogP contribution in [0.5, 0.6) is 0 Å². The van der Waals surface area contributed by atoms with Gasteiger partial charge in [-0.1, -0.05) is 31.5 Å². The summed E-state index contributed by atoms with van der Waals surface area (Å²) in [4.78, 5) is 7.63. The maximum Gasteiger partial charge on any atom is 0.131 e. The van der Waals surface area contributed by atoms with Crippen LogP contribution >= 0.6 is 0 Å². The molecule has 6 atom stereocenters. The highest BCUT2D eigenvalue weighted by molar-refractivity contribution is 6.02. The summed E-state index contributed by atoms with van der Waals surface area (Å²) in [5.41, 5.74) is 2.33. The van der Waals surface area contributed by atoms with Crippen molar-refractivity contribution in [1.82, 2.24) is 4.90 Å². The molecule has 3 saturated heterocycles. The van der Waals surface area contributed by atoms with E-state index in [-0.39, 0.29) is 0 Å². The predicted octanol–water partition coefficient (Wildman–Crippen LogP) is 3.10. The fourth-order valence-corrected chi connectivity index (χ4v) is 5.81. The van der Waals surface area contributed by atoms with Gasteiger partial charge < -0.3 is 5.11 Å². The molecule has 0 spiro atoms. The summed E-state index contributed by atoms with van der Waals surface area (Å²) >= 11 is 0. The van der Waals surface area contributed by atoms with Crippen LogP contribution in [0.25, 0.3) is 0 Å². The Hall–Kier alpha value is -1.19. The average molecular weight is 296 g/mol. The van der Waals surface area contributed by atoms with Crippen molar-refractivity contribution in [2.45, 2.75) is 44.2 Å². The maximum atomic E-state index is 11.5. The van der Waals surface area contributed by atoms with E-state index in [0.29, 0.717) is 12.0 Å². The topological polar surface area (TPSA) is 35.8 Å². The van der Waals surface area contributed by atoms with E-state index in [4.69, 9.17) is 4.99 Å². The Bertz CT molecular complexity index is 655. The number of aliphatic imine (C=N–C) groups is 1. The number of piperidine rings is 2. The molecule has 22 heavy (non-hydrogen) atoms. The molecule has 6 rings (SSSR count). The molecule has 0 amide bonds. The number of benzene rings is 1. The molecule has 1 saturated carbocycles. The number of aliphatic hydroxyl groups is 1. The van der Waals surface area contributed by atoms with Gasteiger partial charge in [-0.3, -0.25) is 9.89 Å². The lowest BCUT2D eigenvalue weighted by Gasteiger charge is -2.53. The standard InChI is InChI=1S/C19H24N2O/c1-2-13-9-12-10-14-17(13)21(11-12)8-7-19(22)15-5-3-4-6-16(15)20-18(14)19/h3-6,12-14,17,22H,2,7-11H2,1H3. The van der Waals surface area contributed by atoms with Crippen LogP contribution in [0, 0.1) is 17.8 Å². The molecule has 4 fully saturated rings. The second-order valence-corrected chi connectivity index (χ2v) is 7.72. The maximum absolute atomic E-state index is 11.5. The van der Waals surface area contributed by atoms with Crippen molar-refractivity contribution in [2.75, 3.05) is 13.1 Å². The van der Waals surface area contributed by atoms with Gasteiger partial charge in [-0.2, -0.15) is 0 Å². The monoisotopic (exact) mass is 296 g/mol. The molecule has 1 aliphatic carbocycles. The number of para-hydroxylation sites is 1. The lowest BCUT2D eigenvalue weighted by Crippen LogP contribution is -2.58. The average Bonchev–Trinajstić information content (AvgIpc) is 2.82. The van der Waals surface area contributed by atoms with Crippen LogP contribution < -0.4 is 0 Å². The third-order valence-corrected chi connectivity index (χ3v) is 6.68. The third kappa shape index (κ3) is 1.56. The third-order valence-electron chi connectivity index (χ3n) is 6.68. The minimum Gasteiger partial charge on any atom is -0.379 e. The molecular weight excluding hydrogens is 272 g/mol. The van der Waals surface area contributed by atoms with Crippen molar-refractivity contribution in [1.29, 1.82) is 0 Å². The molecule has 1 aromatic carbocycles. The van der Waals surface area contributed by atoms with Gasteiger partial charge in [-0.15, -0.1) is 0 Å². The van der Waals surface area contributed by atoms with Gasteiger partial charge in [0.1, 0.15) is 5.60 Å². The molecule has 4 heterocycles. The molecule has 1 aromatic rings. The molecule has 3 heteroatoms. The van der Waals surface area contributed by atoms with E-state index in [1.165, 1.54) is 25.8 Å². The molecule has 6 unspecified atom stereocenters. The molecule has 4 aliphatic heterocycles. The van der Waals surface area contributed by atoms with Crippen LogP contribution in [0.4, 0.5) is 5.69 Å². The summed E-state index contributed by atoms with van der Waals surface area (Å²) in [5.74, 6) is 2.04. The highest BCUT2D eigenvalue weighted by Crippen LogP contribution is 2.53. The van der Waals surface area contributed by atoms with Gasteiger partial charge in [0.15, 0.2) is 0 Å². The Morgan fingerprint density at radius 1 is 1.32 bits per heavy atom. The van der Waals surface area contributed by atoms with Crippen LogP contribution in [0.1, 0.15) is 38.2 Å². The largest absolute Gasteiger partial charge is 0.379 e. The van der Waals surface area contributed by atoms with Crippen molar-refractivity contribution < 1.29 is 5.11 Å². The van der Waals surface area contributed by atoms with E-state index in [2.05, 4.69) is 24.0 Å². The van der Waals surface area contributed by atoms with Crippen LogP contribution in [0.3, 0.4) is 0 Å². The lowest BCUT2D eigenvalue weighted by molar-refractivity contribution is -0.0182. The van der Waals surface area contributed by atoms with Crippen molar-refractivity contribution in [3.05, 3.63) is 29.8 Å². The molecule has 5 aliphatic rings. The number of nitrogens with zero attached hydrogens (tertiary/aromatic N) is 2. The van der Waals surface area contributed by atoms with Gasteiger partial charge >= 0.3 is 0 Å². The van der Waals surface area contributed by atoms with Crippen molar-refractivity contribution in [3.8, 4) is 0 Å². The Morgan fingerprint density at radius 3 is 3.05 bits per heavy atom. The summed E-state index contributed by atoms with van der Waals surface area (Å²) in [5, 5.41) is 11.5. The lowest BCUT2D eigenvalue weighted by atomic mass is 9.63. The normalized spacial score (nSPS) is 45.0. The summed E-state index contributed by atoms with van der Waals surface area (Å²) in [7, 11) is 0. The number of fused-ring (bicyclic) bond motifs is 4. The summed E-state index contributed by atoms with van der Waals surface area (Å²) in [6, 6.07) is 8.81. The van der Waals surface area contributed by atoms with E-state index < -0.39 is 5.60 Å². The van der Waals surface area contributed by atoms with E-state index in [1.54, 1.807) is 0 Å². The van der Waals surface area contributed by atoms with E-state index >= 15 is 0 Å². The SMILES string of the molecule is CCC1CC2CC3C4=Nc5ccccc5C4(O)CCN(C2)C13. The summed E-state index contributed by atoms with van der Waals surface area (Å²) < 4.78 is 0. The first kappa shape index (κ1) is 13.3. The van der Waals surface area contributed by atoms with Gasteiger partial charge in [0.25, 0.3) is 0 Å². The Kier molecular flexibility index (Phi) is 2.67. The fraction of sp³-hybridized carbons (Fsp3) is 0.632. The second kappa shape index (κ2) is 4.42. The van der Waals surface area contributed by atoms with Crippen molar-refractivity contribution >= 4 is 11.4 Å². The van der Waals surface area contributed by atoms with E-state index in [1.807, 2.05) is 12.1 Å². The molecule has 3 nitrogen and oxygen atoms in total. The number of hydrogen-bond acceptors (Lipinski definition) is 3. The second-order valence-electron chi connectivity index (χ2n) is 7.72. The van der Waals surface area contributed by atoms with Gasteiger partial charge in [0.05, 0.1) is 11.4 Å². The van der Waals surface area contributed by atoms with Gasteiger partial charge in [0.2, 0.25) is 0 Å². The van der Waals surface area contributed by atoms with Crippen molar-refractivity contribution in [3.63, 3.8) is 0 Å². The van der Waals surface area contributed by atoms with Crippen molar-refractivity contribution in [2.24, 2.45) is 22.7 Å². The van der Waals surface area contributed by atoms with E-state index in [0.717, 1.165) is 41.8 Å². The Labute approximate surface area is 132 Å². The fourth-order valence-electron chi connectivity index (χ4n) is 5.81. The van der Waals surface area contributed by atoms with Crippen LogP contribution in [0.2, 0.25) is 0 Å². The zero-order valence-corrected chi connectivity index (χ0v) is 13.2. The van der Waals surface area contributed by atoms with E-state index in [9.17, 15) is 5.11 Å². The first-order chi connectivity index (χ1) is 10.7. The zero-order chi connectivity index (χ0) is 14.9. The highest BCUT2D eigenvalue weighted by atomic mass is 16.3. The van der Waals surface area contributed by atoms with Gasteiger partial charge in [-0.05, 0) is 37.2 Å². The molecule has 1 N–H and O–H groups in total. The first-order valence-corrected chi connectivity index (χ1v) is 8.85. The summed E-state index contributed by atoms with van der Waals surface area (Å²) in [6.07, 6.45) is 4.67. The molecular formula is C19H24N2O. The molecule has 0 aromatic heterocycles. The van der Waals surface area contributed by atoms with Crippen LogP contribution in [-0.2, 0) is 5.60 Å². The van der Waals surface area contributed by atoms with Crippen LogP contribution in [0.15, 0.2) is 29.3 Å². The minimum atomic E-state index is -0.807. The smallest absolute Gasteiger partial charge is 0.131 e. The number of rotatable bonds is 1. The molecule has 0 radical (unpaired) electrons. The highest BCUT2D eigenvalue weighted by Gasteiger charge is 2.56. The predicted molar refractivity (Wildman–Crippen MR) is 87.4 cm³/mol. The number of hydrogen-bond donors (Lipinski definition) is 1. The molecule has 4 bridgehead atoms. The Morgan fingerprint density at radius 2 is 2.18 bits per heavy atom. The Balaban J connectivity index is 1.65. The first-order valence-electron chi connectivity index (χ1n) is 8.85. The van der Waals surface area contributed by atoms with Gasteiger partial charge in [-0.25, -0.2) is 0 Å². The quantitative estimate of drug-likeness (QED) is 0.864. The summed E-state index contributed by atoms with van der Waals surface area (Å²) in [6.45, 7) is 4.58. The zero-order valence-electron chi connectivity index (χ0n) is 13.2.